The van der Waals surface area contributed by atoms with Gasteiger partial charge in [0.1, 0.15) is 5.82 Å². The SMILES string of the molecule is C[C@@H](NC(=O)N[C@@H](c1ccc(F)cc1)c1cccs1)c1ccc(-n2ccnc2)cc1. The Morgan fingerprint density at radius 1 is 1.03 bits per heavy atom. The van der Waals surface area contributed by atoms with Crippen LogP contribution in [0.5, 0.6) is 0 Å². The first kappa shape index (κ1) is 19.8. The van der Waals surface area contributed by atoms with Gasteiger partial charge in [0.15, 0.2) is 0 Å². The normalized spacial score (nSPS) is 12.9. The lowest BCUT2D eigenvalue weighted by molar-refractivity contribution is 0.236. The molecule has 0 unspecified atom stereocenters. The zero-order chi connectivity index (χ0) is 20.9. The highest BCUT2D eigenvalue weighted by molar-refractivity contribution is 7.10. The van der Waals surface area contributed by atoms with Crippen LogP contribution in [-0.4, -0.2) is 15.6 Å². The number of hydrogen-bond acceptors (Lipinski definition) is 3. The summed E-state index contributed by atoms with van der Waals surface area (Å²) in [6, 6.07) is 17.2. The number of thiophene rings is 1. The molecule has 2 N–H and O–H groups in total. The number of halogens is 1. The highest BCUT2D eigenvalue weighted by Gasteiger charge is 2.19. The van der Waals surface area contributed by atoms with Crippen molar-refractivity contribution >= 4 is 17.4 Å². The van der Waals surface area contributed by atoms with E-state index in [1.165, 1.54) is 12.1 Å². The predicted molar refractivity (Wildman–Crippen MR) is 116 cm³/mol. The van der Waals surface area contributed by atoms with E-state index in [0.717, 1.165) is 21.7 Å². The standard InChI is InChI=1S/C23H21FN4OS/c1-16(17-6-10-20(11-7-17)28-13-12-25-15-28)26-23(29)27-22(21-3-2-14-30-21)18-4-8-19(24)9-5-18/h2-16,22H,1H3,(H2,26,27,29)/t16-,22+/m1/s1. The van der Waals surface area contributed by atoms with Gasteiger partial charge in [0.2, 0.25) is 0 Å². The molecule has 2 amide bonds. The van der Waals surface area contributed by atoms with Crippen LogP contribution in [0.2, 0.25) is 0 Å². The first-order chi connectivity index (χ1) is 14.6. The Morgan fingerprint density at radius 3 is 2.40 bits per heavy atom. The molecule has 4 rings (SSSR count). The molecule has 4 aromatic rings. The number of benzene rings is 2. The van der Waals surface area contributed by atoms with E-state index in [1.54, 1.807) is 36.0 Å². The summed E-state index contributed by atoms with van der Waals surface area (Å²) in [7, 11) is 0. The van der Waals surface area contributed by atoms with Gasteiger partial charge < -0.3 is 15.2 Å². The van der Waals surface area contributed by atoms with Crippen molar-refractivity contribution in [1.29, 1.82) is 0 Å². The molecule has 0 saturated heterocycles. The third kappa shape index (κ3) is 4.58. The number of rotatable bonds is 6. The van der Waals surface area contributed by atoms with Crippen molar-refractivity contribution in [2.75, 3.05) is 0 Å². The molecule has 0 saturated carbocycles. The van der Waals surface area contributed by atoms with Crippen molar-refractivity contribution in [2.24, 2.45) is 0 Å². The van der Waals surface area contributed by atoms with Crippen molar-refractivity contribution in [2.45, 2.75) is 19.0 Å². The van der Waals surface area contributed by atoms with Crippen LogP contribution in [0.15, 0.2) is 84.8 Å². The van der Waals surface area contributed by atoms with Crippen LogP contribution in [0.4, 0.5) is 9.18 Å². The Hall–Kier alpha value is -3.45. The lowest BCUT2D eigenvalue weighted by Gasteiger charge is -2.21. The van der Waals surface area contributed by atoms with E-state index in [1.807, 2.05) is 59.5 Å². The maximum Gasteiger partial charge on any atom is 0.316 e. The second-order valence-corrected chi connectivity index (χ2v) is 7.88. The average Bonchev–Trinajstić information content (AvgIpc) is 3.47. The smallest absolute Gasteiger partial charge is 0.316 e. The van der Waals surface area contributed by atoms with E-state index in [4.69, 9.17) is 0 Å². The molecule has 0 aliphatic heterocycles. The minimum Gasteiger partial charge on any atom is -0.332 e. The maximum atomic E-state index is 13.3. The van der Waals surface area contributed by atoms with Gasteiger partial charge in [0.05, 0.1) is 18.4 Å². The van der Waals surface area contributed by atoms with Gasteiger partial charge in [-0.05, 0) is 53.8 Å². The summed E-state index contributed by atoms with van der Waals surface area (Å²) in [6.07, 6.45) is 5.35. The van der Waals surface area contributed by atoms with Gasteiger partial charge in [-0.1, -0.05) is 30.3 Å². The fraction of sp³-hybridized carbons (Fsp3) is 0.130. The first-order valence-corrected chi connectivity index (χ1v) is 10.4. The average molecular weight is 421 g/mol. The maximum absolute atomic E-state index is 13.3. The van der Waals surface area contributed by atoms with E-state index in [2.05, 4.69) is 15.6 Å². The topological polar surface area (TPSA) is 59.0 Å². The molecule has 152 valence electrons. The van der Waals surface area contributed by atoms with E-state index >= 15 is 0 Å². The number of nitrogens with one attached hydrogen (secondary N) is 2. The molecule has 0 fully saturated rings. The quantitative estimate of drug-likeness (QED) is 0.449. The molecule has 2 aromatic carbocycles. The van der Waals surface area contributed by atoms with Crippen LogP contribution >= 0.6 is 11.3 Å². The van der Waals surface area contributed by atoms with E-state index in [9.17, 15) is 9.18 Å². The van der Waals surface area contributed by atoms with Gasteiger partial charge in [-0.25, -0.2) is 14.2 Å². The largest absolute Gasteiger partial charge is 0.332 e. The third-order valence-corrected chi connectivity index (χ3v) is 5.79. The Morgan fingerprint density at radius 2 is 1.77 bits per heavy atom. The van der Waals surface area contributed by atoms with Crippen LogP contribution < -0.4 is 10.6 Å². The number of hydrogen-bond donors (Lipinski definition) is 2. The minimum atomic E-state index is -0.346. The zero-order valence-electron chi connectivity index (χ0n) is 16.3. The fourth-order valence-electron chi connectivity index (χ4n) is 3.23. The molecule has 0 aliphatic rings. The van der Waals surface area contributed by atoms with Crippen LogP contribution in [0.1, 0.15) is 35.0 Å². The second-order valence-electron chi connectivity index (χ2n) is 6.90. The summed E-state index contributed by atoms with van der Waals surface area (Å²) >= 11 is 1.54. The molecular weight excluding hydrogens is 399 g/mol. The molecule has 0 spiro atoms. The van der Waals surface area contributed by atoms with Crippen LogP contribution in [-0.2, 0) is 0 Å². The fourth-order valence-corrected chi connectivity index (χ4v) is 4.03. The summed E-state index contributed by atoms with van der Waals surface area (Å²) in [5, 5.41) is 7.95. The number of imidazole rings is 1. The van der Waals surface area contributed by atoms with Gasteiger partial charge in [0, 0.05) is 23.0 Å². The van der Waals surface area contributed by atoms with E-state index in [0.29, 0.717) is 0 Å². The monoisotopic (exact) mass is 420 g/mol. The number of nitrogens with zero attached hydrogens (tertiary/aromatic N) is 2. The van der Waals surface area contributed by atoms with Crippen molar-refractivity contribution in [1.82, 2.24) is 20.2 Å². The highest BCUT2D eigenvalue weighted by Crippen LogP contribution is 2.26. The van der Waals surface area contributed by atoms with E-state index < -0.39 is 0 Å². The summed E-state index contributed by atoms with van der Waals surface area (Å²) in [5.74, 6) is -0.305. The van der Waals surface area contributed by atoms with Crippen molar-refractivity contribution in [3.63, 3.8) is 0 Å². The van der Waals surface area contributed by atoms with Crippen LogP contribution in [0.3, 0.4) is 0 Å². The number of urea groups is 1. The Labute approximate surface area is 178 Å². The van der Waals surface area contributed by atoms with Crippen molar-refractivity contribution in [3.8, 4) is 5.69 Å². The molecule has 2 aromatic heterocycles. The van der Waals surface area contributed by atoms with Crippen molar-refractivity contribution < 1.29 is 9.18 Å². The van der Waals surface area contributed by atoms with Crippen LogP contribution in [0, 0.1) is 5.82 Å². The molecular formula is C23H21FN4OS. The van der Waals surface area contributed by atoms with Gasteiger partial charge in [-0.2, -0.15) is 0 Å². The van der Waals surface area contributed by atoms with Crippen LogP contribution in [0.25, 0.3) is 5.69 Å². The minimum absolute atomic E-state index is 0.181. The van der Waals surface area contributed by atoms with Gasteiger partial charge in [0.25, 0.3) is 0 Å². The van der Waals surface area contributed by atoms with Gasteiger partial charge in [-0.15, -0.1) is 11.3 Å². The molecule has 2 atom stereocenters. The summed E-state index contributed by atoms with van der Waals surface area (Å²) < 4.78 is 15.3. The molecule has 5 nitrogen and oxygen atoms in total. The molecule has 7 heteroatoms. The lowest BCUT2D eigenvalue weighted by atomic mass is 10.1. The third-order valence-electron chi connectivity index (χ3n) is 4.85. The van der Waals surface area contributed by atoms with Gasteiger partial charge in [-0.3, -0.25) is 0 Å². The summed E-state index contributed by atoms with van der Waals surface area (Å²) in [6.45, 7) is 1.93. The molecule has 0 bridgehead atoms. The van der Waals surface area contributed by atoms with E-state index in [-0.39, 0.29) is 23.9 Å². The first-order valence-electron chi connectivity index (χ1n) is 9.54. The summed E-state index contributed by atoms with van der Waals surface area (Å²) in [4.78, 5) is 17.8. The Kier molecular flexibility index (Phi) is 5.90. The zero-order valence-corrected chi connectivity index (χ0v) is 17.1. The number of carbonyl (C=O) groups is 1. The lowest BCUT2D eigenvalue weighted by Crippen LogP contribution is -2.39. The second kappa shape index (κ2) is 8.92. The van der Waals surface area contributed by atoms with Crippen molar-refractivity contribution in [3.05, 3.63) is 107 Å². The molecule has 2 heterocycles. The molecule has 30 heavy (non-hydrogen) atoms. The molecule has 0 aliphatic carbocycles. The summed E-state index contributed by atoms with van der Waals surface area (Å²) in [5.41, 5.74) is 2.82. The predicted octanol–water partition coefficient (Wildman–Crippen LogP) is 5.22. The highest BCUT2D eigenvalue weighted by atomic mass is 32.1. The number of carbonyl (C=O) groups excluding carboxylic acids is 1. The number of aromatic nitrogens is 2. The Balaban J connectivity index is 1.44. The Bertz CT molecular complexity index is 1080. The van der Waals surface area contributed by atoms with Gasteiger partial charge >= 0.3 is 6.03 Å². The number of amides is 2. The molecule has 0 radical (unpaired) electrons.